The molecule has 288 valence electrons. The van der Waals surface area contributed by atoms with E-state index in [1.165, 1.54) is 60.5 Å². The fourth-order valence-electron chi connectivity index (χ4n) is 9.42. The van der Waals surface area contributed by atoms with Crippen LogP contribution in [0.2, 0.25) is 0 Å². The van der Waals surface area contributed by atoms with Crippen LogP contribution in [-0.4, -0.2) is 15.0 Å². The van der Waals surface area contributed by atoms with E-state index in [1.54, 1.807) is 0 Å². The SMILES string of the molecule is C1=Cc2c(c3cc(C4=CCCC(c5cccc(-c6ccc7oc8cc(-c9nc(-c%10ccccc%10)nc(-c%10ccccc%10)n9)ccc8c7c6)c5)=C4)ccc3c3ccccc23)CC1. The predicted molar refractivity (Wildman–Crippen MR) is 253 cm³/mol. The number of rotatable bonds is 6. The molecule has 10 aromatic rings. The second kappa shape index (κ2) is 14.5. The van der Waals surface area contributed by atoms with Crippen LogP contribution >= 0.6 is 0 Å². The van der Waals surface area contributed by atoms with E-state index in [0.29, 0.717) is 17.5 Å². The van der Waals surface area contributed by atoms with E-state index in [-0.39, 0.29) is 0 Å². The van der Waals surface area contributed by atoms with Gasteiger partial charge >= 0.3 is 0 Å². The molecular formula is C57H39N3O. The monoisotopic (exact) mass is 781 g/mol. The van der Waals surface area contributed by atoms with Crippen LogP contribution < -0.4 is 0 Å². The Bertz CT molecular complexity index is 3410. The van der Waals surface area contributed by atoms with Crippen molar-refractivity contribution in [2.24, 2.45) is 0 Å². The highest BCUT2D eigenvalue weighted by Gasteiger charge is 2.18. The molecule has 0 amide bonds. The number of fused-ring (bicyclic) bond motifs is 9. The van der Waals surface area contributed by atoms with Crippen molar-refractivity contribution in [3.05, 3.63) is 204 Å². The minimum atomic E-state index is 0.605. The van der Waals surface area contributed by atoms with E-state index in [9.17, 15) is 0 Å². The zero-order valence-corrected chi connectivity index (χ0v) is 33.5. The lowest BCUT2D eigenvalue weighted by molar-refractivity contribution is 0.669. The summed E-state index contributed by atoms with van der Waals surface area (Å²) in [6.07, 6.45) is 13.7. The summed E-state index contributed by atoms with van der Waals surface area (Å²) in [5.74, 6) is 1.87. The molecule has 2 aliphatic rings. The minimum absolute atomic E-state index is 0.605. The van der Waals surface area contributed by atoms with Gasteiger partial charge in [-0.05, 0) is 128 Å². The van der Waals surface area contributed by atoms with E-state index in [4.69, 9.17) is 19.4 Å². The highest BCUT2D eigenvalue weighted by Crippen LogP contribution is 2.40. The molecule has 0 saturated heterocycles. The van der Waals surface area contributed by atoms with Gasteiger partial charge in [-0.3, -0.25) is 0 Å². The molecule has 12 rings (SSSR count). The number of nitrogens with zero attached hydrogens (tertiary/aromatic N) is 3. The fraction of sp³-hybridized carbons (Fsp3) is 0.0702. The van der Waals surface area contributed by atoms with Crippen molar-refractivity contribution < 1.29 is 4.42 Å². The number of hydrogen-bond donors (Lipinski definition) is 0. The summed E-state index contributed by atoms with van der Waals surface area (Å²) in [7, 11) is 0. The number of benzene rings is 8. The van der Waals surface area contributed by atoms with Gasteiger partial charge in [0.1, 0.15) is 11.2 Å². The molecule has 2 aromatic heterocycles. The summed E-state index contributed by atoms with van der Waals surface area (Å²) >= 11 is 0. The standard InChI is InChI=1S/C57H39N3O/c1-3-13-36(14-4-1)55-58-56(37-15-5-2-6-16-37)60-57(59-55)44-26-29-50-52-34-43(27-30-53(52)61-54(50)35-44)41-20-12-18-39(32-41)38-17-11-19-40(31-38)42-25-28-49-47-23-8-7-21-45(47)46-22-9-10-24-48(46)51(49)33-42/h1-9,12-16,18-23,25-35H,10-11,17,24H2. The summed E-state index contributed by atoms with van der Waals surface area (Å²) < 4.78 is 6.50. The summed E-state index contributed by atoms with van der Waals surface area (Å²) in [5.41, 5.74) is 14.8. The van der Waals surface area contributed by atoms with Crippen LogP contribution in [0, 0.1) is 0 Å². The van der Waals surface area contributed by atoms with Crippen molar-refractivity contribution in [2.75, 3.05) is 0 Å². The van der Waals surface area contributed by atoms with E-state index in [0.717, 1.165) is 69.9 Å². The van der Waals surface area contributed by atoms with Crippen LogP contribution in [0.25, 0.3) is 106 Å². The summed E-state index contributed by atoms with van der Waals surface area (Å²) in [6, 6.07) is 57.9. The lowest BCUT2D eigenvalue weighted by atomic mass is 9.84. The van der Waals surface area contributed by atoms with Gasteiger partial charge in [0.05, 0.1) is 0 Å². The van der Waals surface area contributed by atoms with Crippen LogP contribution in [0.1, 0.15) is 41.5 Å². The number of aromatic nitrogens is 3. The van der Waals surface area contributed by atoms with E-state index < -0.39 is 0 Å². The Morgan fingerprint density at radius 1 is 0.393 bits per heavy atom. The maximum Gasteiger partial charge on any atom is 0.164 e. The Labute approximate surface area is 353 Å². The predicted octanol–water partition coefficient (Wildman–Crippen LogP) is 15.0. The average Bonchev–Trinajstić information content (AvgIpc) is 3.72. The maximum atomic E-state index is 6.50. The number of hydrogen-bond acceptors (Lipinski definition) is 4. The molecule has 0 bridgehead atoms. The highest BCUT2D eigenvalue weighted by molar-refractivity contribution is 6.14. The molecule has 4 heteroatoms. The minimum Gasteiger partial charge on any atom is -0.456 e. The zero-order valence-electron chi connectivity index (χ0n) is 33.5. The molecule has 0 unspecified atom stereocenters. The molecule has 0 fully saturated rings. The maximum absolute atomic E-state index is 6.50. The molecule has 0 N–H and O–H groups in total. The molecular weight excluding hydrogens is 743 g/mol. The van der Waals surface area contributed by atoms with Crippen LogP contribution in [0.3, 0.4) is 0 Å². The van der Waals surface area contributed by atoms with Crippen LogP contribution in [0.5, 0.6) is 0 Å². The van der Waals surface area contributed by atoms with Crippen LogP contribution in [0.4, 0.5) is 0 Å². The zero-order chi connectivity index (χ0) is 40.3. The molecule has 61 heavy (non-hydrogen) atoms. The third kappa shape index (κ3) is 6.27. The number of aryl methyl sites for hydroxylation is 1. The topological polar surface area (TPSA) is 51.8 Å². The first-order chi connectivity index (χ1) is 30.2. The molecule has 2 heterocycles. The molecule has 2 aliphatic carbocycles. The molecule has 0 saturated carbocycles. The quantitative estimate of drug-likeness (QED) is 0.158. The second-order valence-corrected chi connectivity index (χ2v) is 16.1. The van der Waals surface area contributed by atoms with E-state index >= 15 is 0 Å². The van der Waals surface area contributed by atoms with Crippen molar-refractivity contribution in [1.82, 2.24) is 15.0 Å². The number of furan rings is 1. The van der Waals surface area contributed by atoms with Gasteiger partial charge < -0.3 is 4.42 Å². The first kappa shape index (κ1) is 35.3. The van der Waals surface area contributed by atoms with Gasteiger partial charge in [-0.15, -0.1) is 0 Å². The van der Waals surface area contributed by atoms with E-state index in [2.05, 4.69) is 127 Å². The largest absolute Gasteiger partial charge is 0.456 e. The molecule has 8 aromatic carbocycles. The van der Waals surface area contributed by atoms with Gasteiger partial charge in [0.2, 0.25) is 0 Å². The summed E-state index contributed by atoms with van der Waals surface area (Å²) in [6.45, 7) is 0. The third-order valence-corrected chi connectivity index (χ3v) is 12.5. The van der Waals surface area contributed by atoms with E-state index in [1.807, 2.05) is 60.7 Å². The van der Waals surface area contributed by atoms with Crippen molar-refractivity contribution in [2.45, 2.75) is 25.7 Å². The van der Waals surface area contributed by atoms with Gasteiger partial charge in [-0.25, -0.2) is 15.0 Å². The Morgan fingerprint density at radius 2 is 1.02 bits per heavy atom. The molecule has 0 atom stereocenters. The van der Waals surface area contributed by atoms with Gasteiger partial charge in [0, 0.05) is 27.5 Å². The molecule has 0 spiro atoms. The van der Waals surface area contributed by atoms with Crippen LogP contribution in [-0.2, 0) is 6.42 Å². The molecule has 0 radical (unpaired) electrons. The Hall–Kier alpha value is -7.69. The molecule has 0 aliphatic heterocycles. The second-order valence-electron chi connectivity index (χ2n) is 16.1. The van der Waals surface area contributed by atoms with Gasteiger partial charge in [0.15, 0.2) is 17.5 Å². The normalized spacial score (nSPS) is 13.8. The summed E-state index contributed by atoms with van der Waals surface area (Å²) in [4.78, 5) is 14.8. The van der Waals surface area contributed by atoms with Crippen LogP contribution in [0.15, 0.2) is 186 Å². The average molecular weight is 782 g/mol. The van der Waals surface area contributed by atoms with Gasteiger partial charge in [-0.2, -0.15) is 0 Å². The smallest absolute Gasteiger partial charge is 0.164 e. The lowest BCUT2D eigenvalue weighted by Gasteiger charge is -2.20. The first-order valence-electron chi connectivity index (χ1n) is 21.2. The highest BCUT2D eigenvalue weighted by atomic mass is 16.3. The summed E-state index contributed by atoms with van der Waals surface area (Å²) in [5, 5.41) is 7.57. The van der Waals surface area contributed by atoms with Gasteiger partial charge in [0.25, 0.3) is 0 Å². The molecule has 4 nitrogen and oxygen atoms in total. The number of allylic oxidation sites excluding steroid dienone is 5. The van der Waals surface area contributed by atoms with Crippen molar-refractivity contribution in [1.29, 1.82) is 0 Å². The Kier molecular flexibility index (Phi) is 8.41. The fourth-order valence-corrected chi connectivity index (χ4v) is 9.42. The Morgan fingerprint density at radius 3 is 1.82 bits per heavy atom. The van der Waals surface area contributed by atoms with Crippen molar-refractivity contribution in [3.63, 3.8) is 0 Å². The lowest BCUT2D eigenvalue weighted by Crippen LogP contribution is -2.00. The van der Waals surface area contributed by atoms with Crippen molar-refractivity contribution in [3.8, 4) is 45.3 Å². The van der Waals surface area contributed by atoms with Gasteiger partial charge in [-0.1, -0.05) is 152 Å². The van der Waals surface area contributed by atoms with Crippen molar-refractivity contribution >= 4 is 60.7 Å². The first-order valence-corrected chi connectivity index (χ1v) is 21.2. The Balaban J connectivity index is 0.874. The third-order valence-electron chi connectivity index (χ3n) is 12.5.